The van der Waals surface area contributed by atoms with Crippen LogP contribution in [0.2, 0.25) is 0 Å². The summed E-state index contributed by atoms with van der Waals surface area (Å²) < 4.78 is 18.7. The molecule has 0 bridgehead atoms. The molecule has 0 aliphatic carbocycles. The van der Waals surface area contributed by atoms with Crippen LogP contribution in [0.15, 0.2) is 35.0 Å². The lowest BCUT2D eigenvalue weighted by Crippen LogP contribution is -2.04. The number of benzene rings is 1. The van der Waals surface area contributed by atoms with Gasteiger partial charge in [0.2, 0.25) is 0 Å². The van der Waals surface area contributed by atoms with Crippen LogP contribution in [-0.4, -0.2) is 11.7 Å². The predicted octanol–water partition coefficient (Wildman–Crippen LogP) is 3.56. The first kappa shape index (κ1) is 13.1. The highest BCUT2D eigenvalue weighted by atomic mass is 32.1. The minimum absolute atomic E-state index is 0.365. The van der Waals surface area contributed by atoms with E-state index in [1.165, 1.54) is 17.7 Å². The van der Waals surface area contributed by atoms with E-state index in [9.17, 15) is 9.50 Å². The molecule has 1 aromatic heterocycles. The lowest BCUT2D eigenvalue weighted by Gasteiger charge is -2.13. The number of aliphatic hydroxyl groups is 1. The Morgan fingerprint density at radius 1 is 1.39 bits per heavy atom. The van der Waals surface area contributed by atoms with Crippen LogP contribution in [-0.2, 0) is 6.42 Å². The van der Waals surface area contributed by atoms with Crippen molar-refractivity contribution in [3.05, 3.63) is 52.0 Å². The summed E-state index contributed by atoms with van der Waals surface area (Å²) in [7, 11) is 0. The summed E-state index contributed by atoms with van der Waals surface area (Å²) in [6, 6.07) is 6.26. The zero-order valence-electron chi connectivity index (χ0n) is 10.1. The maximum Gasteiger partial charge on any atom is 0.125 e. The molecule has 0 aliphatic heterocycles. The van der Waals surface area contributed by atoms with Crippen LogP contribution in [0.3, 0.4) is 0 Å². The summed E-state index contributed by atoms with van der Waals surface area (Å²) in [6.07, 6.45) is 0.0667. The number of rotatable bonds is 5. The van der Waals surface area contributed by atoms with Gasteiger partial charge in [-0.25, -0.2) is 4.39 Å². The molecule has 2 nitrogen and oxygen atoms in total. The number of ether oxygens (including phenoxy) is 1. The van der Waals surface area contributed by atoms with E-state index in [1.807, 2.05) is 11.4 Å². The molecule has 1 aromatic carbocycles. The number of hydrogen-bond donors (Lipinski definition) is 1. The Bertz CT molecular complexity index is 495. The first-order valence-electron chi connectivity index (χ1n) is 5.78. The van der Waals surface area contributed by atoms with E-state index in [4.69, 9.17) is 4.74 Å². The second kappa shape index (κ2) is 5.98. The zero-order chi connectivity index (χ0) is 13.0. The van der Waals surface area contributed by atoms with Crippen LogP contribution in [0.25, 0.3) is 0 Å². The van der Waals surface area contributed by atoms with E-state index in [0.29, 0.717) is 17.9 Å². The van der Waals surface area contributed by atoms with Crippen molar-refractivity contribution in [2.24, 2.45) is 0 Å². The highest BCUT2D eigenvalue weighted by molar-refractivity contribution is 7.07. The summed E-state index contributed by atoms with van der Waals surface area (Å²) in [5.74, 6) is 0.178. The summed E-state index contributed by atoms with van der Waals surface area (Å²) in [5, 5.41) is 13.7. The molecule has 0 spiro atoms. The van der Waals surface area contributed by atoms with Gasteiger partial charge in [-0.3, -0.25) is 0 Å². The van der Waals surface area contributed by atoms with E-state index >= 15 is 0 Å². The van der Waals surface area contributed by atoms with Crippen molar-refractivity contribution in [2.75, 3.05) is 6.61 Å². The third kappa shape index (κ3) is 3.31. The summed E-state index contributed by atoms with van der Waals surface area (Å²) in [5.41, 5.74) is 1.71. The SMILES string of the molecule is C[C@H](O)c1cc(F)ccc1OCCc1ccsc1. The van der Waals surface area contributed by atoms with Gasteiger partial charge in [0.1, 0.15) is 11.6 Å². The van der Waals surface area contributed by atoms with Crippen molar-refractivity contribution in [1.82, 2.24) is 0 Å². The lowest BCUT2D eigenvalue weighted by molar-refractivity contribution is 0.191. The number of thiophene rings is 1. The topological polar surface area (TPSA) is 29.5 Å². The fourth-order valence-corrected chi connectivity index (χ4v) is 2.39. The van der Waals surface area contributed by atoms with Crippen molar-refractivity contribution in [2.45, 2.75) is 19.4 Å². The van der Waals surface area contributed by atoms with Crippen LogP contribution in [0, 0.1) is 5.82 Å². The molecular weight excluding hydrogens is 251 g/mol. The van der Waals surface area contributed by atoms with E-state index in [-0.39, 0.29) is 5.82 Å². The van der Waals surface area contributed by atoms with Gasteiger partial charge in [0, 0.05) is 12.0 Å². The second-order valence-corrected chi connectivity index (χ2v) is 4.87. The molecule has 0 saturated heterocycles. The monoisotopic (exact) mass is 266 g/mol. The first-order valence-corrected chi connectivity index (χ1v) is 6.72. The van der Waals surface area contributed by atoms with Crippen molar-refractivity contribution in [3.63, 3.8) is 0 Å². The van der Waals surface area contributed by atoms with Crippen LogP contribution < -0.4 is 4.74 Å². The van der Waals surface area contributed by atoms with Gasteiger partial charge in [-0.2, -0.15) is 11.3 Å². The third-order valence-corrected chi connectivity index (χ3v) is 3.38. The van der Waals surface area contributed by atoms with Crippen molar-refractivity contribution in [1.29, 1.82) is 0 Å². The van der Waals surface area contributed by atoms with E-state index < -0.39 is 6.10 Å². The molecule has 1 atom stereocenters. The standard InChI is InChI=1S/C14H15FO2S/c1-10(16)13-8-12(15)2-3-14(13)17-6-4-11-5-7-18-9-11/h2-3,5,7-10,16H,4,6H2,1H3/t10-/m0/s1. The Hall–Kier alpha value is -1.39. The minimum Gasteiger partial charge on any atom is -0.493 e. The van der Waals surface area contributed by atoms with Gasteiger partial charge in [0.15, 0.2) is 0 Å². The van der Waals surface area contributed by atoms with Gasteiger partial charge in [0.25, 0.3) is 0 Å². The molecule has 2 rings (SSSR count). The second-order valence-electron chi connectivity index (χ2n) is 4.09. The van der Waals surface area contributed by atoms with Crippen molar-refractivity contribution < 1.29 is 14.2 Å². The average Bonchev–Trinajstić information content (AvgIpc) is 2.84. The summed E-state index contributed by atoms with van der Waals surface area (Å²) >= 11 is 1.65. The van der Waals surface area contributed by atoms with Gasteiger partial charge in [-0.1, -0.05) is 0 Å². The molecule has 0 amide bonds. The number of hydrogen-bond acceptors (Lipinski definition) is 3. The molecule has 1 heterocycles. The quantitative estimate of drug-likeness (QED) is 0.896. The van der Waals surface area contributed by atoms with E-state index in [2.05, 4.69) is 5.38 Å². The van der Waals surface area contributed by atoms with Gasteiger partial charge in [-0.05, 0) is 47.5 Å². The highest BCUT2D eigenvalue weighted by Crippen LogP contribution is 2.26. The molecule has 0 radical (unpaired) electrons. The molecule has 2 aromatic rings. The van der Waals surface area contributed by atoms with Gasteiger partial charge in [-0.15, -0.1) is 0 Å². The molecule has 0 saturated carbocycles. The van der Waals surface area contributed by atoms with Gasteiger partial charge < -0.3 is 9.84 Å². The third-order valence-electron chi connectivity index (χ3n) is 2.65. The van der Waals surface area contributed by atoms with Crippen LogP contribution in [0.5, 0.6) is 5.75 Å². The first-order chi connectivity index (χ1) is 8.66. The van der Waals surface area contributed by atoms with Crippen LogP contribution >= 0.6 is 11.3 Å². The largest absolute Gasteiger partial charge is 0.493 e. The fourth-order valence-electron chi connectivity index (χ4n) is 1.69. The molecule has 96 valence electrons. The van der Waals surface area contributed by atoms with Crippen LogP contribution in [0.4, 0.5) is 4.39 Å². The highest BCUT2D eigenvalue weighted by Gasteiger charge is 2.10. The predicted molar refractivity (Wildman–Crippen MR) is 70.6 cm³/mol. The maximum atomic E-state index is 13.1. The Labute approximate surface area is 110 Å². The van der Waals surface area contributed by atoms with E-state index in [1.54, 1.807) is 24.3 Å². The van der Waals surface area contributed by atoms with Gasteiger partial charge >= 0.3 is 0 Å². The van der Waals surface area contributed by atoms with Crippen molar-refractivity contribution >= 4 is 11.3 Å². The van der Waals surface area contributed by atoms with Gasteiger partial charge in [0.05, 0.1) is 12.7 Å². The van der Waals surface area contributed by atoms with Crippen molar-refractivity contribution in [3.8, 4) is 5.75 Å². The lowest BCUT2D eigenvalue weighted by atomic mass is 10.1. The molecule has 0 fully saturated rings. The Morgan fingerprint density at radius 2 is 2.22 bits per heavy atom. The number of halogens is 1. The summed E-state index contributed by atoms with van der Waals surface area (Å²) in [4.78, 5) is 0. The molecule has 1 N–H and O–H groups in total. The molecule has 0 unspecified atom stereocenters. The molecule has 18 heavy (non-hydrogen) atoms. The Kier molecular flexibility index (Phi) is 4.33. The molecular formula is C14H15FO2S. The smallest absolute Gasteiger partial charge is 0.125 e. The van der Waals surface area contributed by atoms with E-state index in [0.717, 1.165) is 6.42 Å². The van der Waals surface area contributed by atoms with Crippen LogP contribution in [0.1, 0.15) is 24.2 Å². The normalized spacial score (nSPS) is 12.4. The fraction of sp³-hybridized carbons (Fsp3) is 0.286. The number of aliphatic hydroxyl groups excluding tert-OH is 1. The maximum absolute atomic E-state index is 13.1. The molecule has 4 heteroatoms. The minimum atomic E-state index is -0.739. The molecule has 0 aliphatic rings. The zero-order valence-corrected chi connectivity index (χ0v) is 10.9. The Morgan fingerprint density at radius 3 is 2.89 bits per heavy atom. The Balaban J connectivity index is 2.00. The average molecular weight is 266 g/mol. The summed E-state index contributed by atoms with van der Waals surface area (Å²) in [6.45, 7) is 2.11.